The Kier molecular flexibility index (Phi) is 7.36. The molecule has 0 spiro atoms. The number of piperidine rings is 1. The van der Waals surface area contributed by atoms with Crippen LogP contribution in [-0.4, -0.2) is 48.8 Å². The van der Waals surface area contributed by atoms with Gasteiger partial charge in [0, 0.05) is 23.5 Å². The monoisotopic (exact) mass is 466 g/mol. The number of hydrogen-bond donors (Lipinski definition) is 1. The van der Waals surface area contributed by atoms with Crippen LogP contribution in [0.3, 0.4) is 0 Å². The molecule has 2 aromatic carbocycles. The molecule has 0 aliphatic carbocycles. The predicted molar refractivity (Wildman–Crippen MR) is 128 cm³/mol. The summed E-state index contributed by atoms with van der Waals surface area (Å²) in [6, 6.07) is 15.8. The van der Waals surface area contributed by atoms with Gasteiger partial charge in [0.1, 0.15) is 0 Å². The van der Waals surface area contributed by atoms with Gasteiger partial charge in [0.15, 0.2) is 11.0 Å². The maximum Gasteiger partial charge on any atom is 0.271 e. The van der Waals surface area contributed by atoms with Crippen LogP contribution < -0.4 is 5.32 Å². The van der Waals surface area contributed by atoms with Gasteiger partial charge in [-0.1, -0.05) is 42.4 Å². The number of carbonyl (C=O) groups excluding carboxylic acids is 1. The number of non-ortho nitro benzene ring substituents is 1. The van der Waals surface area contributed by atoms with E-state index in [2.05, 4.69) is 20.4 Å². The molecule has 1 unspecified atom stereocenters. The lowest BCUT2D eigenvalue weighted by Gasteiger charge is -2.26. The number of rotatable bonds is 8. The number of nitrogens with one attached hydrogen (secondary N) is 1. The normalized spacial score (nSPS) is 15.2. The summed E-state index contributed by atoms with van der Waals surface area (Å²) in [5.41, 5.74) is 1.26. The van der Waals surface area contributed by atoms with Crippen molar-refractivity contribution in [1.29, 1.82) is 0 Å². The van der Waals surface area contributed by atoms with Crippen molar-refractivity contribution in [1.82, 2.24) is 19.7 Å². The van der Waals surface area contributed by atoms with Crippen LogP contribution in [0, 0.1) is 10.1 Å². The molecule has 1 atom stereocenters. The Hall–Kier alpha value is -3.24. The number of anilines is 1. The van der Waals surface area contributed by atoms with Gasteiger partial charge in [-0.3, -0.25) is 24.4 Å². The molecule has 2 heterocycles. The summed E-state index contributed by atoms with van der Waals surface area (Å²) in [6.45, 7) is 4.58. The van der Waals surface area contributed by atoms with E-state index in [1.54, 1.807) is 19.1 Å². The highest BCUT2D eigenvalue weighted by Crippen LogP contribution is 2.28. The number of likely N-dealkylation sites (tertiary alicyclic amines) is 1. The third-order valence-corrected chi connectivity index (χ3v) is 6.55. The van der Waals surface area contributed by atoms with Gasteiger partial charge in [0.25, 0.3) is 5.69 Å². The Balaban J connectivity index is 1.52. The lowest BCUT2D eigenvalue weighted by Crippen LogP contribution is -2.30. The topological polar surface area (TPSA) is 106 Å². The minimum atomic E-state index is -0.487. The number of carbonyl (C=O) groups is 1. The van der Waals surface area contributed by atoms with Crippen molar-refractivity contribution in [2.45, 2.75) is 43.1 Å². The van der Waals surface area contributed by atoms with Gasteiger partial charge < -0.3 is 5.32 Å². The summed E-state index contributed by atoms with van der Waals surface area (Å²) in [5, 5.41) is 22.8. The van der Waals surface area contributed by atoms with Gasteiger partial charge in [-0.05, 0) is 51.1 Å². The molecule has 0 bridgehead atoms. The number of thioether (sulfide) groups is 1. The van der Waals surface area contributed by atoms with E-state index in [0.717, 1.165) is 24.6 Å². The molecule has 4 rings (SSSR count). The summed E-state index contributed by atoms with van der Waals surface area (Å²) in [7, 11) is 0. The molecular weight excluding hydrogens is 440 g/mol. The smallest absolute Gasteiger partial charge is 0.271 e. The maximum absolute atomic E-state index is 12.8. The zero-order valence-corrected chi connectivity index (χ0v) is 19.2. The third kappa shape index (κ3) is 5.77. The largest absolute Gasteiger partial charge is 0.325 e. The first kappa shape index (κ1) is 22.9. The molecule has 1 saturated heterocycles. The quantitative estimate of drug-likeness (QED) is 0.300. The van der Waals surface area contributed by atoms with Gasteiger partial charge in [-0.15, -0.1) is 10.2 Å². The highest BCUT2D eigenvalue weighted by molar-refractivity contribution is 8.00. The predicted octanol–water partition coefficient (Wildman–Crippen LogP) is 4.28. The van der Waals surface area contributed by atoms with Gasteiger partial charge >= 0.3 is 0 Å². The van der Waals surface area contributed by atoms with Crippen LogP contribution in [-0.2, 0) is 11.3 Å². The zero-order valence-electron chi connectivity index (χ0n) is 18.4. The van der Waals surface area contributed by atoms with Crippen LogP contribution in [0.4, 0.5) is 11.4 Å². The number of nitrogens with zero attached hydrogens (tertiary/aromatic N) is 5. The number of nitro groups is 1. The zero-order chi connectivity index (χ0) is 23.2. The molecule has 3 aromatic rings. The second-order valence-electron chi connectivity index (χ2n) is 7.96. The van der Waals surface area contributed by atoms with Crippen molar-refractivity contribution in [2.24, 2.45) is 0 Å². The first-order chi connectivity index (χ1) is 16.0. The van der Waals surface area contributed by atoms with Crippen molar-refractivity contribution in [3.05, 3.63) is 70.5 Å². The molecule has 0 radical (unpaired) electrons. The van der Waals surface area contributed by atoms with Crippen molar-refractivity contribution < 1.29 is 9.72 Å². The average molecular weight is 467 g/mol. The highest BCUT2D eigenvalue weighted by atomic mass is 32.2. The van der Waals surface area contributed by atoms with Gasteiger partial charge in [-0.2, -0.15) is 0 Å². The van der Waals surface area contributed by atoms with E-state index in [9.17, 15) is 14.9 Å². The molecule has 1 amide bonds. The summed E-state index contributed by atoms with van der Waals surface area (Å²) >= 11 is 1.31. The lowest BCUT2D eigenvalue weighted by molar-refractivity contribution is -0.384. The van der Waals surface area contributed by atoms with E-state index in [0.29, 0.717) is 17.4 Å². The number of para-hydroxylation sites is 1. The molecule has 1 fully saturated rings. The van der Waals surface area contributed by atoms with Crippen molar-refractivity contribution in [3.8, 4) is 5.69 Å². The fraction of sp³-hybridized carbons (Fsp3) is 0.348. The average Bonchev–Trinajstić information content (AvgIpc) is 3.22. The fourth-order valence-electron chi connectivity index (χ4n) is 3.79. The number of nitro benzene ring substituents is 1. The summed E-state index contributed by atoms with van der Waals surface area (Å²) in [4.78, 5) is 25.7. The standard InChI is InChI=1S/C23H26N6O3S/c1-17(22(30)24-18-9-8-12-20(15-18)29(31)32)33-23-26-25-21(16-27-13-6-3-7-14-27)28(23)19-10-4-2-5-11-19/h2,4-5,8-12,15,17H,3,6-7,13-14,16H2,1H3,(H,24,30). The first-order valence-corrected chi connectivity index (χ1v) is 11.8. The van der Waals surface area contributed by atoms with Crippen LogP contribution in [0.1, 0.15) is 32.0 Å². The summed E-state index contributed by atoms with van der Waals surface area (Å²) in [5.74, 6) is 0.581. The molecule has 0 saturated carbocycles. The first-order valence-electron chi connectivity index (χ1n) is 11.0. The van der Waals surface area contributed by atoms with E-state index in [-0.39, 0.29) is 11.6 Å². The minimum Gasteiger partial charge on any atom is -0.325 e. The van der Waals surface area contributed by atoms with Crippen molar-refractivity contribution in [3.63, 3.8) is 0 Å². The number of benzene rings is 2. The van der Waals surface area contributed by atoms with Gasteiger partial charge in [0.2, 0.25) is 5.91 Å². The third-order valence-electron chi connectivity index (χ3n) is 5.50. The van der Waals surface area contributed by atoms with Gasteiger partial charge in [-0.25, -0.2) is 0 Å². The molecular formula is C23H26N6O3S. The summed E-state index contributed by atoms with van der Waals surface area (Å²) < 4.78 is 2.01. The molecule has 10 heteroatoms. The maximum atomic E-state index is 12.8. The van der Waals surface area contributed by atoms with Gasteiger partial charge in [0.05, 0.1) is 16.7 Å². The molecule has 1 aliphatic rings. The molecule has 172 valence electrons. The SMILES string of the molecule is CC(Sc1nnc(CN2CCCCC2)n1-c1ccccc1)C(=O)Nc1cccc([N+](=O)[O-])c1. The van der Waals surface area contributed by atoms with Crippen LogP contribution in [0.15, 0.2) is 59.8 Å². The summed E-state index contributed by atoms with van der Waals surface area (Å²) in [6.07, 6.45) is 3.64. The lowest BCUT2D eigenvalue weighted by atomic mass is 10.1. The van der Waals surface area contributed by atoms with E-state index in [4.69, 9.17) is 0 Å². The van der Waals surface area contributed by atoms with Crippen LogP contribution in [0.25, 0.3) is 5.69 Å². The number of amides is 1. The molecule has 1 aliphatic heterocycles. The second kappa shape index (κ2) is 10.6. The highest BCUT2D eigenvalue weighted by Gasteiger charge is 2.23. The number of hydrogen-bond acceptors (Lipinski definition) is 7. The van der Waals surface area contributed by atoms with E-state index >= 15 is 0 Å². The van der Waals surface area contributed by atoms with Crippen molar-refractivity contribution in [2.75, 3.05) is 18.4 Å². The van der Waals surface area contributed by atoms with Crippen LogP contribution in [0.5, 0.6) is 0 Å². The van der Waals surface area contributed by atoms with E-state index in [1.165, 1.54) is 43.2 Å². The van der Waals surface area contributed by atoms with E-state index in [1.807, 2.05) is 34.9 Å². The van der Waals surface area contributed by atoms with Crippen LogP contribution >= 0.6 is 11.8 Å². The molecule has 9 nitrogen and oxygen atoms in total. The molecule has 33 heavy (non-hydrogen) atoms. The van der Waals surface area contributed by atoms with E-state index < -0.39 is 10.2 Å². The minimum absolute atomic E-state index is 0.0701. The Labute approximate surface area is 196 Å². The van der Waals surface area contributed by atoms with Crippen molar-refractivity contribution >= 4 is 29.0 Å². The fourth-order valence-corrected chi connectivity index (χ4v) is 4.67. The molecule has 1 N–H and O–H groups in total. The Bertz CT molecular complexity index is 1110. The Morgan fingerprint density at radius 1 is 1.12 bits per heavy atom. The van der Waals surface area contributed by atoms with Crippen LogP contribution in [0.2, 0.25) is 0 Å². The number of aromatic nitrogens is 3. The molecule has 1 aromatic heterocycles. The Morgan fingerprint density at radius 3 is 2.61 bits per heavy atom. The Morgan fingerprint density at radius 2 is 1.88 bits per heavy atom. The second-order valence-corrected chi connectivity index (χ2v) is 9.27.